The van der Waals surface area contributed by atoms with E-state index < -0.39 is 0 Å². The summed E-state index contributed by atoms with van der Waals surface area (Å²) in [7, 11) is 1.74. The maximum atomic E-state index is 5.53. The van der Waals surface area contributed by atoms with E-state index in [1.807, 2.05) is 24.7 Å². The normalized spacial score (nSPS) is 16.3. The largest absolute Gasteiger partial charge is 0.495 e. The van der Waals surface area contributed by atoms with E-state index in [9.17, 15) is 0 Å². The fraction of sp³-hybridized carbons (Fsp3) is 0.318. The van der Waals surface area contributed by atoms with E-state index in [1.165, 1.54) is 11.3 Å². The second-order valence-electron chi connectivity index (χ2n) is 6.90. The molecule has 0 aliphatic carbocycles. The number of aromatic nitrogens is 2. The third-order valence-electron chi connectivity index (χ3n) is 5.30. The molecule has 27 heavy (non-hydrogen) atoms. The van der Waals surface area contributed by atoms with E-state index in [1.54, 1.807) is 7.11 Å². The van der Waals surface area contributed by atoms with Gasteiger partial charge < -0.3 is 14.2 Å². The van der Waals surface area contributed by atoms with Gasteiger partial charge in [0.15, 0.2) is 0 Å². The van der Waals surface area contributed by atoms with E-state index in [0.717, 1.165) is 38.5 Å². The standard InChI is InChI=1S/C22H26N4O/c1-27-22-10-6-5-9-20(22)25-15-13-24(14-16-25)17-21(26-12-11-23-18-26)19-7-3-2-4-8-19/h2-12,18,21H,13-17H2,1H3/t21-/m1/s1. The smallest absolute Gasteiger partial charge is 0.142 e. The van der Waals surface area contributed by atoms with Crippen LogP contribution in [0.1, 0.15) is 11.6 Å². The summed E-state index contributed by atoms with van der Waals surface area (Å²) in [5.41, 5.74) is 2.51. The molecule has 2 aromatic carbocycles. The SMILES string of the molecule is COc1ccccc1N1CCN(C[C@H](c2ccccc2)n2ccnc2)CC1. The van der Waals surface area contributed by atoms with Crippen LogP contribution in [0, 0.1) is 0 Å². The topological polar surface area (TPSA) is 33.5 Å². The molecule has 5 heteroatoms. The molecule has 1 atom stereocenters. The van der Waals surface area contributed by atoms with Gasteiger partial charge in [0.05, 0.1) is 25.2 Å². The van der Waals surface area contributed by atoms with Crippen LogP contribution in [0.15, 0.2) is 73.3 Å². The Morgan fingerprint density at radius 2 is 1.70 bits per heavy atom. The van der Waals surface area contributed by atoms with Gasteiger partial charge >= 0.3 is 0 Å². The van der Waals surface area contributed by atoms with E-state index in [-0.39, 0.29) is 6.04 Å². The van der Waals surface area contributed by atoms with Crippen molar-refractivity contribution in [2.45, 2.75) is 6.04 Å². The predicted molar refractivity (Wildman–Crippen MR) is 108 cm³/mol. The summed E-state index contributed by atoms with van der Waals surface area (Å²) in [5.74, 6) is 0.950. The summed E-state index contributed by atoms with van der Waals surface area (Å²) in [6, 6.07) is 19.3. The van der Waals surface area contributed by atoms with Crippen molar-refractivity contribution in [1.29, 1.82) is 0 Å². The zero-order valence-electron chi connectivity index (χ0n) is 15.7. The molecule has 5 nitrogen and oxygen atoms in total. The minimum atomic E-state index is 0.284. The molecule has 0 bridgehead atoms. The molecule has 2 heterocycles. The lowest BCUT2D eigenvalue weighted by molar-refractivity contribution is 0.232. The van der Waals surface area contributed by atoms with Gasteiger partial charge in [-0.3, -0.25) is 4.90 Å². The van der Waals surface area contributed by atoms with Crippen LogP contribution in [-0.4, -0.2) is 54.3 Å². The van der Waals surface area contributed by atoms with Gasteiger partial charge in [-0.1, -0.05) is 42.5 Å². The summed E-state index contributed by atoms with van der Waals surface area (Å²) in [6.07, 6.45) is 5.83. The molecule has 1 saturated heterocycles. The van der Waals surface area contributed by atoms with Crippen molar-refractivity contribution in [3.05, 3.63) is 78.9 Å². The first kappa shape index (κ1) is 17.6. The number of rotatable bonds is 6. The molecule has 3 aromatic rings. The molecule has 0 N–H and O–H groups in total. The molecule has 1 aliphatic heterocycles. The second-order valence-corrected chi connectivity index (χ2v) is 6.90. The number of nitrogens with zero attached hydrogens (tertiary/aromatic N) is 4. The maximum Gasteiger partial charge on any atom is 0.142 e. The van der Waals surface area contributed by atoms with Crippen LogP contribution in [0.25, 0.3) is 0 Å². The highest BCUT2D eigenvalue weighted by Gasteiger charge is 2.23. The third-order valence-corrected chi connectivity index (χ3v) is 5.30. The highest BCUT2D eigenvalue weighted by atomic mass is 16.5. The summed E-state index contributed by atoms with van der Waals surface area (Å²) in [4.78, 5) is 9.22. The fourth-order valence-electron chi connectivity index (χ4n) is 3.81. The molecule has 1 aromatic heterocycles. The van der Waals surface area contributed by atoms with Crippen LogP contribution in [-0.2, 0) is 0 Å². The highest BCUT2D eigenvalue weighted by molar-refractivity contribution is 5.58. The molecule has 0 saturated carbocycles. The Morgan fingerprint density at radius 1 is 0.963 bits per heavy atom. The predicted octanol–water partition coefficient (Wildman–Crippen LogP) is 3.30. The van der Waals surface area contributed by atoms with Gasteiger partial charge in [-0.15, -0.1) is 0 Å². The Kier molecular flexibility index (Phi) is 5.39. The quantitative estimate of drug-likeness (QED) is 0.674. The number of piperazine rings is 1. The Morgan fingerprint density at radius 3 is 2.41 bits per heavy atom. The van der Waals surface area contributed by atoms with Gasteiger partial charge in [0, 0.05) is 45.1 Å². The van der Waals surface area contributed by atoms with E-state index >= 15 is 0 Å². The van der Waals surface area contributed by atoms with Crippen molar-refractivity contribution in [2.24, 2.45) is 0 Å². The van der Waals surface area contributed by atoms with Gasteiger partial charge in [-0.2, -0.15) is 0 Å². The van der Waals surface area contributed by atoms with Crippen LogP contribution < -0.4 is 9.64 Å². The highest BCUT2D eigenvalue weighted by Crippen LogP contribution is 2.29. The number of ether oxygens (including phenoxy) is 1. The van der Waals surface area contributed by atoms with Crippen LogP contribution in [0.3, 0.4) is 0 Å². The number of para-hydroxylation sites is 2. The molecular weight excluding hydrogens is 336 g/mol. The number of methoxy groups -OCH3 is 1. The Bertz CT molecular complexity index is 827. The first-order valence-electron chi connectivity index (χ1n) is 9.48. The summed E-state index contributed by atoms with van der Waals surface area (Å²) in [6.45, 7) is 5.07. The van der Waals surface area contributed by atoms with E-state index in [0.29, 0.717) is 0 Å². The van der Waals surface area contributed by atoms with Crippen molar-refractivity contribution in [3.8, 4) is 5.75 Å². The van der Waals surface area contributed by atoms with Gasteiger partial charge in [0.2, 0.25) is 0 Å². The van der Waals surface area contributed by atoms with E-state index in [4.69, 9.17) is 4.74 Å². The molecule has 0 unspecified atom stereocenters. The molecule has 0 radical (unpaired) electrons. The minimum absolute atomic E-state index is 0.284. The molecule has 1 fully saturated rings. The lowest BCUT2D eigenvalue weighted by Gasteiger charge is -2.38. The average Bonchev–Trinajstić information content (AvgIpc) is 3.27. The first-order valence-corrected chi connectivity index (χ1v) is 9.48. The zero-order chi connectivity index (χ0) is 18.5. The van der Waals surface area contributed by atoms with Gasteiger partial charge in [0.25, 0.3) is 0 Å². The average molecular weight is 362 g/mol. The lowest BCUT2D eigenvalue weighted by atomic mass is 10.1. The van der Waals surface area contributed by atoms with Crippen LogP contribution in [0.5, 0.6) is 5.75 Å². The number of imidazole rings is 1. The molecule has 0 spiro atoms. The Balaban J connectivity index is 1.44. The monoisotopic (exact) mass is 362 g/mol. The molecule has 1 aliphatic rings. The molecule has 4 rings (SSSR count). The first-order chi connectivity index (χ1) is 13.3. The third kappa shape index (κ3) is 3.98. The Labute approximate surface area is 160 Å². The molecular formula is C22H26N4O. The zero-order valence-corrected chi connectivity index (χ0v) is 15.7. The van der Waals surface area contributed by atoms with Crippen LogP contribution >= 0.6 is 0 Å². The number of hydrogen-bond acceptors (Lipinski definition) is 4. The number of benzene rings is 2. The summed E-state index contributed by atoms with van der Waals surface area (Å²) < 4.78 is 7.74. The number of anilines is 1. The van der Waals surface area contributed by atoms with Crippen LogP contribution in [0.4, 0.5) is 5.69 Å². The van der Waals surface area contributed by atoms with Crippen LogP contribution in [0.2, 0.25) is 0 Å². The second kappa shape index (κ2) is 8.27. The van der Waals surface area contributed by atoms with Gasteiger partial charge in [0.1, 0.15) is 5.75 Å². The van der Waals surface area contributed by atoms with Crippen molar-refractivity contribution in [2.75, 3.05) is 44.7 Å². The van der Waals surface area contributed by atoms with Crippen molar-refractivity contribution < 1.29 is 4.74 Å². The maximum absolute atomic E-state index is 5.53. The molecule has 0 amide bonds. The van der Waals surface area contributed by atoms with Crippen molar-refractivity contribution in [3.63, 3.8) is 0 Å². The molecule has 140 valence electrons. The van der Waals surface area contributed by atoms with Gasteiger partial charge in [-0.25, -0.2) is 4.98 Å². The van der Waals surface area contributed by atoms with Gasteiger partial charge in [-0.05, 0) is 17.7 Å². The lowest BCUT2D eigenvalue weighted by Crippen LogP contribution is -2.48. The van der Waals surface area contributed by atoms with E-state index in [2.05, 4.69) is 68.0 Å². The number of hydrogen-bond donors (Lipinski definition) is 0. The fourth-order valence-corrected chi connectivity index (χ4v) is 3.81. The van der Waals surface area contributed by atoms with Crippen molar-refractivity contribution >= 4 is 5.69 Å². The minimum Gasteiger partial charge on any atom is -0.495 e. The summed E-state index contributed by atoms with van der Waals surface area (Å²) in [5, 5.41) is 0. The summed E-state index contributed by atoms with van der Waals surface area (Å²) >= 11 is 0. The van der Waals surface area contributed by atoms with Crippen molar-refractivity contribution in [1.82, 2.24) is 14.5 Å². The Hall–Kier alpha value is -2.79.